The van der Waals surface area contributed by atoms with E-state index < -0.39 is 0 Å². The van der Waals surface area contributed by atoms with E-state index in [1.165, 1.54) is 83.5 Å². The van der Waals surface area contributed by atoms with Crippen molar-refractivity contribution in [1.82, 2.24) is 0 Å². The molecular weight excluding hydrogens is 408 g/mol. The van der Waals surface area contributed by atoms with Crippen molar-refractivity contribution in [2.45, 2.75) is 150 Å². The van der Waals surface area contributed by atoms with Gasteiger partial charge in [0.05, 0.1) is 5.92 Å². The zero-order chi connectivity index (χ0) is 24.1. The zero-order valence-corrected chi connectivity index (χ0v) is 22.3. The van der Waals surface area contributed by atoms with Crippen LogP contribution in [0.15, 0.2) is 11.3 Å². The number of carbonyl (C=O) groups is 2. The summed E-state index contributed by atoms with van der Waals surface area (Å²) >= 11 is 0. The average Bonchev–Trinajstić information content (AvgIpc) is 2.75. The molecule has 0 aromatic heterocycles. The normalized spacial score (nSPS) is 22.4. The van der Waals surface area contributed by atoms with Crippen LogP contribution in [0.1, 0.15) is 150 Å². The van der Waals surface area contributed by atoms with Gasteiger partial charge in [-0.15, -0.1) is 0 Å². The first kappa shape index (κ1) is 28.1. The molecule has 0 bridgehead atoms. The number of hydrogen-bond donors (Lipinski definition) is 0. The van der Waals surface area contributed by atoms with Gasteiger partial charge in [0.1, 0.15) is 5.76 Å². The maximum atomic E-state index is 13.2. The van der Waals surface area contributed by atoms with Crippen molar-refractivity contribution in [2.75, 3.05) is 0 Å². The van der Waals surface area contributed by atoms with Crippen LogP contribution in [0.4, 0.5) is 0 Å². The summed E-state index contributed by atoms with van der Waals surface area (Å²) in [5.41, 5.74) is 0.787. The number of rotatable bonds is 17. The monoisotopic (exact) mass is 460 g/mol. The standard InChI is InChI=1S/C30H52O3/c1-5-7-9-11-13-15-16-18-20-24-25(21-19-17-14-12-10-8-6-2)29(32)33-27-23-30(3,4)22-26(31)28(24)27/h24-25H,5-23H2,1-4H3/t24-,25-/m1/s1. The van der Waals surface area contributed by atoms with E-state index in [9.17, 15) is 9.59 Å². The number of hydrogen-bond acceptors (Lipinski definition) is 3. The second-order valence-corrected chi connectivity index (χ2v) is 11.6. The molecule has 0 amide bonds. The Labute approximate surface area is 204 Å². The van der Waals surface area contributed by atoms with Crippen molar-refractivity contribution >= 4 is 11.8 Å². The van der Waals surface area contributed by atoms with Crippen molar-refractivity contribution in [3.8, 4) is 0 Å². The van der Waals surface area contributed by atoms with Crippen LogP contribution >= 0.6 is 0 Å². The summed E-state index contributed by atoms with van der Waals surface area (Å²) < 4.78 is 5.85. The van der Waals surface area contributed by atoms with Crippen molar-refractivity contribution in [2.24, 2.45) is 17.3 Å². The summed E-state index contributed by atoms with van der Waals surface area (Å²) in [5.74, 6) is 0.860. The van der Waals surface area contributed by atoms with Crippen LogP contribution in [0, 0.1) is 17.3 Å². The fourth-order valence-electron chi connectivity index (χ4n) is 5.83. The Hall–Kier alpha value is -1.12. The second kappa shape index (κ2) is 15.0. The maximum Gasteiger partial charge on any atom is 0.314 e. The molecule has 1 aliphatic carbocycles. The van der Waals surface area contributed by atoms with Gasteiger partial charge in [0.15, 0.2) is 5.78 Å². The first-order chi connectivity index (χ1) is 15.9. The van der Waals surface area contributed by atoms with E-state index in [0.29, 0.717) is 12.2 Å². The van der Waals surface area contributed by atoms with Gasteiger partial charge in [-0.3, -0.25) is 9.59 Å². The van der Waals surface area contributed by atoms with Gasteiger partial charge in [-0.1, -0.05) is 124 Å². The van der Waals surface area contributed by atoms with Crippen molar-refractivity contribution in [1.29, 1.82) is 0 Å². The highest BCUT2D eigenvalue weighted by Crippen LogP contribution is 2.46. The predicted molar refractivity (Wildman–Crippen MR) is 138 cm³/mol. The Balaban J connectivity index is 1.94. The molecule has 0 saturated carbocycles. The molecular formula is C30H52O3. The van der Waals surface area contributed by atoms with E-state index in [4.69, 9.17) is 4.74 Å². The highest BCUT2D eigenvalue weighted by Gasteiger charge is 2.45. The molecule has 0 fully saturated rings. The van der Waals surface area contributed by atoms with Gasteiger partial charge in [-0.2, -0.15) is 0 Å². The number of Topliss-reactive ketones (excluding diaryl/α,β-unsaturated/α-hetero) is 1. The highest BCUT2D eigenvalue weighted by atomic mass is 16.5. The van der Waals surface area contributed by atoms with E-state index in [2.05, 4.69) is 27.7 Å². The molecule has 2 aliphatic rings. The lowest BCUT2D eigenvalue weighted by Gasteiger charge is -2.40. The molecule has 0 N–H and O–H groups in total. The van der Waals surface area contributed by atoms with Crippen molar-refractivity contribution in [3.63, 3.8) is 0 Å². The maximum absolute atomic E-state index is 13.2. The van der Waals surface area contributed by atoms with Gasteiger partial charge in [-0.05, 0) is 18.3 Å². The van der Waals surface area contributed by atoms with Crippen LogP contribution in [0.25, 0.3) is 0 Å². The van der Waals surface area contributed by atoms with Crippen molar-refractivity contribution < 1.29 is 14.3 Å². The summed E-state index contributed by atoms with van der Waals surface area (Å²) in [4.78, 5) is 26.2. The third-order valence-electron chi connectivity index (χ3n) is 7.75. The van der Waals surface area contributed by atoms with Crippen LogP contribution in [0.2, 0.25) is 0 Å². The molecule has 0 unspecified atom stereocenters. The van der Waals surface area contributed by atoms with Gasteiger partial charge in [-0.25, -0.2) is 0 Å². The highest BCUT2D eigenvalue weighted by molar-refractivity contribution is 5.99. The lowest BCUT2D eigenvalue weighted by atomic mass is 9.68. The largest absolute Gasteiger partial charge is 0.430 e. The smallest absolute Gasteiger partial charge is 0.314 e. The van der Waals surface area contributed by atoms with E-state index in [0.717, 1.165) is 37.7 Å². The SMILES string of the molecule is CCCCCCCCCC[C@H]1C2=C(CC(C)(C)CC2=O)OC(=O)[C@@H]1CCCCCCCCC. The summed E-state index contributed by atoms with van der Waals surface area (Å²) in [6, 6.07) is 0. The molecule has 2 atom stereocenters. The molecule has 33 heavy (non-hydrogen) atoms. The Morgan fingerprint density at radius 3 is 1.64 bits per heavy atom. The summed E-state index contributed by atoms with van der Waals surface area (Å²) in [6.45, 7) is 8.73. The molecule has 0 saturated heterocycles. The summed E-state index contributed by atoms with van der Waals surface area (Å²) in [6.07, 6.45) is 22.1. The Morgan fingerprint density at radius 1 is 0.667 bits per heavy atom. The zero-order valence-electron chi connectivity index (χ0n) is 22.3. The van der Waals surface area contributed by atoms with Gasteiger partial charge >= 0.3 is 5.97 Å². The average molecular weight is 461 g/mol. The molecule has 3 heteroatoms. The Morgan fingerprint density at radius 2 is 1.12 bits per heavy atom. The minimum absolute atomic E-state index is 0.0604. The molecule has 190 valence electrons. The first-order valence-electron chi connectivity index (χ1n) is 14.4. The quantitative estimate of drug-likeness (QED) is 0.160. The molecule has 0 radical (unpaired) electrons. The molecule has 2 rings (SSSR count). The van der Waals surface area contributed by atoms with Crippen LogP contribution in [-0.4, -0.2) is 11.8 Å². The molecule has 0 spiro atoms. The summed E-state index contributed by atoms with van der Waals surface area (Å²) in [7, 11) is 0. The Bertz CT molecular complexity index is 630. The van der Waals surface area contributed by atoms with Crippen molar-refractivity contribution in [3.05, 3.63) is 11.3 Å². The van der Waals surface area contributed by atoms with E-state index in [-0.39, 0.29) is 29.0 Å². The lowest BCUT2D eigenvalue weighted by molar-refractivity contribution is -0.150. The number of ketones is 1. The van der Waals surface area contributed by atoms with Crippen LogP contribution in [0.3, 0.4) is 0 Å². The minimum atomic E-state index is -0.117. The summed E-state index contributed by atoms with van der Waals surface area (Å²) in [5, 5.41) is 0. The molecule has 1 aliphatic heterocycles. The number of allylic oxidation sites excluding steroid dienone is 2. The number of esters is 1. The Kier molecular flexibility index (Phi) is 12.8. The fourth-order valence-corrected chi connectivity index (χ4v) is 5.83. The third kappa shape index (κ3) is 9.57. The van der Waals surface area contributed by atoms with E-state index in [1.54, 1.807) is 0 Å². The van der Waals surface area contributed by atoms with Gasteiger partial charge < -0.3 is 4.74 Å². The number of ether oxygens (including phenoxy) is 1. The van der Waals surface area contributed by atoms with E-state index >= 15 is 0 Å². The van der Waals surface area contributed by atoms with Gasteiger partial charge in [0.25, 0.3) is 0 Å². The first-order valence-corrected chi connectivity index (χ1v) is 14.4. The van der Waals surface area contributed by atoms with Crippen LogP contribution in [0.5, 0.6) is 0 Å². The molecule has 0 aromatic rings. The van der Waals surface area contributed by atoms with Gasteiger partial charge in [0.2, 0.25) is 0 Å². The fraction of sp³-hybridized carbons (Fsp3) is 0.867. The second-order valence-electron chi connectivity index (χ2n) is 11.6. The van der Waals surface area contributed by atoms with E-state index in [1.807, 2.05) is 0 Å². The predicted octanol–water partition coefficient (Wildman–Crippen LogP) is 9.09. The minimum Gasteiger partial charge on any atom is -0.430 e. The van der Waals surface area contributed by atoms with Crippen LogP contribution < -0.4 is 0 Å². The molecule has 0 aromatic carbocycles. The topological polar surface area (TPSA) is 43.4 Å². The lowest BCUT2D eigenvalue weighted by Crippen LogP contribution is -2.40. The van der Waals surface area contributed by atoms with Crippen LogP contribution in [-0.2, 0) is 14.3 Å². The third-order valence-corrected chi connectivity index (χ3v) is 7.75. The number of carbonyl (C=O) groups excluding carboxylic acids is 2. The number of unbranched alkanes of at least 4 members (excludes halogenated alkanes) is 13. The van der Waals surface area contributed by atoms with Gasteiger partial charge in [0, 0.05) is 24.3 Å². The molecule has 1 heterocycles. The molecule has 3 nitrogen and oxygen atoms in total.